The van der Waals surface area contributed by atoms with Crippen molar-refractivity contribution in [1.82, 2.24) is 10.6 Å². The number of thiophene rings is 2. The number of amides is 2. The second kappa shape index (κ2) is 12.5. The Balaban J connectivity index is 1.30. The first kappa shape index (κ1) is 26.9. The summed E-state index contributed by atoms with van der Waals surface area (Å²) in [5, 5.41) is 9.74. The minimum Gasteiger partial charge on any atom is -0.508 e. The molecular weight excluding hydrogens is 530 g/mol. The summed E-state index contributed by atoms with van der Waals surface area (Å²) in [5.41, 5.74) is 0. The molecule has 0 aromatic carbocycles. The van der Waals surface area contributed by atoms with Crippen LogP contribution in [0.1, 0.15) is 48.3 Å². The second-order valence-corrected chi connectivity index (χ2v) is 11.7. The van der Waals surface area contributed by atoms with Crippen LogP contribution in [0.4, 0.5) is 0 Å². The van der Waals surface area contributed by atoms with Gasteiger partial charge in [0.05, 0.1) is 49.8 Å². The molecular formula is C24H28B2N2O8S2. The third kappa shape index (κ3) is 7.25. The van der Waals surface area contributed by atoms with Gasteiger partial charge in [-0.1, -0.05) is 12.1 Å². The average Bonchev–Trinajstić information content (AvgIpc) is 3.57. The summed E-state index contributed by atoms with van der Waals surface area (Å²) < 4.78 is 23.3. The molecule has 0 saturated carbocycles. The molecule has 2 aromatic heterocycles. The normalized spacial score (nSPS) is 25.9. The summed E-state index contributed by atoms with van der Waals surface area (Å²) >= 11 is 2.98. The van der Waals surface area contributed by atoms with Crippen molar-refractivity contribution in [1.29, 1.82) is 0 Å². The van der Waals surface area contributed by atoms with Crippen molar-refractivity contribution < 1.29 is 37.8 Å². The van der Waals surface area contributed by atoms with Crippen molar-refractivity contribution in [3.05, 3.63) is 44.8 Å². The molecule has 0 spiro atoms. The first-order chi connectivity index (χ1) is 18.4. The van der Waals surface area contributed by atoms with E-state index >= 15 is 0 Å². The minimum atomic E-state index is -0.953. The molecule has 4 atom stereocenters. The first-order valence-electron chi connectivity index (χ1n) is 12.7. The van der Waals surface area contributed by atoms with Gasteiger partial charge in [-0.15, -0.1) is 22.7 Å². The molecule has 2 unspecified atom stereocenters. The average molecular weight is 558 g/mol. The van der Waals surface area contributed by atoms with Gasteiger partial charge in [-0.05, 0) is 48.6 Å². The topological polar surface area (TPSA) is 129 Å². The van der Waals surface area contributed by atoms with E-state index in [1.54, 1.807) is 0 Å². The number of carbonyl (C=O) groups excluding carboxylic acids is 4. The zero-order valence-electron chi connectivity index (χ0n) is 20.7. The molecule has 2 amide bonds. The largest absolute Gasteiger partial charge is 0.551 e. The molecule has 200 valence electrons. The summed E-state index contributed by atoms with van der Waals surface area (Å²) in [6.45, 7) is 0. The summed E-state index contributed by atoms with van der Waals surface area (Å²) in [6.07, 6.45) is 1.07. The van der Waals surface area contributed by atoms with Crippen molar-refractivity contribution >= 4 is 60.7 Å². The SMILES string of the molecule is O=C(Cc1cccs1)N[C@H]1CCC2CC(=O)OB(O2)[C@@H](NC(=O)Cc2cccs2)CCC2CC(=O)OB1O2. The van der Waals surface area contributed by atoms with E-state index in [2.05, 4.69) is 10.6 Å². The van der Waals surface area contributed by atoms with Gasteiger partial charge in [0.25, 0.3) is 11.9 Å². The Kier molecular flexibility index (Phi) is 8.82. The van der Waals surface area contributed by atoms with Crippen LogP contribution in [0.15, 0.2) is 35.0 Å². The minimum absolute atomic E-state index is 0.0517. The molecule has 4 bridgehead atoms. The number of nitrogens with one attached hydrogen (secondary N) is 2. The van der Waals surface area contributed by atoms with Crippen molar-refractivity contribution in [3.8, 4) is 0 Å². The van der Waals surface area contributed by atoms with Gasteiger partial charge in [-0.3, -0.25) is 19.2 Å². The van der Waals surface area contributed by atoms with Crippen LogP contribution in [-0.4, -0.2) is 62.1 Å². The molecule has 5 heterocycles. The maximum absolute atomic E-state index is 12.8. The zero-order valence-corrected chi connectivity index (χ0v) is 22.3. The lowest BCUT2D eigenvalue weighted by Crippen LogP contribution is -2.57. The first-order valence-corrected chi connectivity index (χ1v) is 14.5. The molecule has 0 radical (unpaired) electrons. The predicted octanol–water partition coefficient (Wildman–Crippen LogP) is 1.86. The number of carbonyl (C=O) groups is 4. The summed E-state index contributed by atoms with van der Waals surface area (Å²) in [6, 6.07) is 7.53. The van der Waals surface area contributed by atoms with E-state index in [0.717, 1.165) is 9.75 Å². The van der Waals surface area contributed by atoms with Crippen molar-refractivity contribution in [3.63, 3.8) is 0 Å². The van der Waals surface area contributed by atoms with Crippen LogP contribution < -0.4 is 10.6 Å². The van der Waals surface area contributed by atoms with Gasteiger partial charge in [0, 0.05) is 9.75 Å². The van der Waals surface area contributed by atoms with Gasteiger partial charge in [-0.25, -0.2) is 0 Å². The molecule has 0 aliphatic carbocycles. The lowest BCUT2D eigenvalue weighted by atomic mass is 9.70. The van der Waals surface area contributed by atoms with Crippen LogP contribution in [0.25, 0.3) is 0 Å². The fourth-order valence-electron chi connectivity index (χ4n) is 4.89. The van der Waals surface area contributed by atoms with Gasteiger partial charge in [0.1, 0.15) is 0 Å². The Morgan fingerprint density at radius 3 is 1.61 bits per heavy atom. The highest BCUT2D eigenvalue weighted by molar-refractivity contribution is 7.10. The van der Waals surface area contributed by atoms with Gasteiger partial charge < -0.3 is 29.3 Å². The summed E-state index contributed by atoms with van der Waals surface area (Å²) in [4.78, 5) is 52.4. The lowest BCUT2D eigenvalue weighted by Gasteiger charge is -2.36. The summed E-state index contributed by atoms with van der Waals surface area (Å²) in [5.74, 6) is -2.42. The second-order valence-electron chi connectivity index (χ2n) is 9.66. The van der Waals surface area contributed by atoms with Crippen LogP contribution in [0.3, 0.4) is 0 Å². The fraction of sp³-hybridized carbons (Fsp3) is 0.500. The number of fused-ring (bicyclic) bond motifs is 4. The quantitative estimate of drug-likeness (QED) is 0.515. The van der Waals surface area contributed by atoms with Gasteiger partial charge >= 0.3 is 14.2 Å². The molecule has 14 heteroatoms. The smallest absolute Gasteiger partial charge is 0.508 e. The number of rotatable bonds is 6. The number of hydrogen-bond acceptors (Lipinski definition) is 10. The van der Waals surface area contributed by atoms with Gasteiger partial charge in [-0.2, -0.15) is 0 Å². The van der Waals surface area contributed by atoms with Crippen LogP contribution in [0.5, 0.6) is 0 Å². The highest BCUT2D eigenvalue weighted by Gasteiger charge is 2.46. The molecule has 3 saturated heterocycles. The van der Waals surface area contributed by atoms with E-state index < -0.39 is 50.3 Å². The molecule has 3 fully saturated rings. The van der Waals surface area contributed by atoms with E-state index in [-0.39, 0.29) is 37.5 Å². The Morgan fingerprint density at radius 2 is 1.21 bits per heavy atom. The Hall–Kier alpha value is -2.67. The maximum atomic E-state index is 12.8. The van der Waals surface area contributed by atoms with E-state index in [1.807, 2.05) is 35.0 Å². The third-order valence-electron chi connectivity index (χ3n) is 6.72. The van der Waals surface area contributed by atoms with Gasteiger partial charge in [0.2, 0.25) is 11.8 Å². The van der Waals surface area contributed by atoms with Crippen LogP contribution in [0.2, 0.25) is 0 Å². The Morgan fingerprint density at radius 1 is 0.763 bits per heavy atom. The highest BCUT2D eigenvalue weighted by Crippen LogP contribution is 2.26. The standard InChI is InChI=1S/C24H28B2N2O8S2/c29-21(13-17-3-1-9-37-17)27-19-7-5-15-11-24(32)36-26(34-15)20(28-22(30)14-18-4-2-10-38-18)8-6-16-12-23(31)35-25(19)33-16/h1-4,9-10,15-16,19-20H,5-8,11-14H2,(H,27,29)(H,28,30)/t15?,16?,19-,20-/m0/s1. The van der Waals surface area contributed by atoms with Crippen LogP contribution >= 0.6 is 22.7 Å². The van der Waals surface area contributed by atoms with Gasteiger partial charge in [0.15, 0.2) is 0 Å². The van der Waals surface area contributed by atoms with E-state index in [1.165, 1.54) is 22.7 Å². The van der Waals surface area contributed by atoms with Crippen LogP contribution in [-0.2, 0) is 50.6 Å². The molecule has 10 nitrogen and oxygen atoms in total. The molecule has 2 aromatic rings. The summed E-state index contributed by atoms with van der Waals surface area (Å²) in [7, 11) is -1.91. The fourth-order valence-corrected chi connectivity index (χ4v) is 6.30. The van der Waals surface area contributed by atoms with E-state index in [9.17, 15) is 19.2 Å². The Bertz CT molecular complexity index is 1040. The van der Waals surface area contributed by atoms with E-state index in [0.29, 0.717) is 25.7 Å². The molecule has 5 rings (SSSR count). The van der Waals surface area contributed by atoms with Crippen molar-refractivity contribution in [2.45, 2.75) is 75.5 Å². The lowest BCUT2D eigenvalue weighted by molar-refractivity contribution is -0.144. The number of hydrogen-bond donors (Lipinski definition) is 2. The molecule has 3 aliphatic heterocycles. The van der Waals surface area contributed by atoms with Crippen molar-refractivity contribution in [2.75, 3.05) is 0 Å². The maximum Gasteiger partial charge on any atom is 0.551 e. The van der Waals surface area contributed by atoms with Crippen molar-refractivity contribution in [2.24, 2.45) is 0 Å². The van der Waals surface area contributed by atoms with Crippen LogP contribution in [0, 0.1) is 0 Å². The monoisotopic (exact) mass is 558 g/mol. The predicted molar refractivity (Wildman–Crippen MR) is 141 cm³/mol. The Labute approximate surface area is 229 Å². The van der Waals surface area contributed by atoms with E-state index in [4.69, 9.17) is 18.6 Å². The molecule has 3 aliphatic rings. The highest BCUT2D eigenvalue weighted by atomic mass is 32.1. The third-order valence-corrected chi connectivity index (χ3v) is 8.47. The zero-order chi connectivity index (χ0) is 26.5. The molecule has 2 N–H and O–H groups in total. The molecule has 38 heavy (non-hydrogen) atoms.